The summed E-state index contributed by atoms with van der Waals surface area (Å²) in [6.45, 7) is 10.6. The molecule has 0 saturated heterocycles. The Balaban J connectivity index is 1.73. The monoisotopic (exact) mass is 644 g/mol. The number of allylic oxidation sites excluding steroid dienone is 2. The standard InChI is InChI=1S/C26H44O12S3/c1-6-15(2)7-8-16(3)18-9-10-19-17-13-21(36-39(27,28)29)23-24(38-41(33,34)35)22(37-40(30,31)32)14-26(23,5)20(17)11-12-25(18,19)4/h7-8,15-24H,6,9-14H2,1-5H3,(H,27,28,29)(H,30,31,32)(H,33,34,35)/b8-7+/t15-,16+,17-,18+,19-,20-,21-,22-,23-,24+,25+,26+/m0/s1. The molecule has 4 fully saturated rings. The van der Waals surface area contributed by atoms with Crippen LogP contribution in [0.15, 0.2) is 12.2 Å². The van der Waals surface area contributed by atoms with Gasteiger partial charge < -0.3 is 0 Å². The number of hydrogen-bond donors (Lipinski definition) is 3. The molecular weight excluding hydrogens is 600 g/mol. The van der Waals surface area contributed by atoms with Crippen molar-refractivity contribution in [1.82, 2.24) is 0 Å². The van der Waals surface area contributed by atoms with Crippen LogP contribution in [-0.4, -0.2) is 57.2 Å². The third-order valence-electron chi connectivity index (χ3n) is 11.1. The highest BCUT2D eigenvalue weighted by Gasteiger charge is 2.68. The van der Waals surface area contributed by atoms with E-state index >= 15 is 0 Å². The summed E-state index contributed by atoms with van der Waals surface area (Å²) in [5.74, 6) is 0.100. The summed E-state index contributed by atoms with van der Waals surface area (Å²) in [7, 11) is -15.2. The van der Waals surface area contributed by atoms with E-state index in [0.717, 1.165) is 25.7 Å². The van der Waals surface area contributed by atoms with Crippen LogP contribution < -0.4 is 0 Å². The molecule has 41 heavy (non-hydrogen) atoms. The van der Waals surface area contributed by atoms with Gasteiger partial charge in [-0.25, -0.2) is 12.5 Å². The molecule has 0 bridgehead atoms. The van der Waals surface area contributed by atoms with Gasteiger partial charge in [0, 0.05) is 5.92 Å². The fourth-order valence-corrected chi connectivity index (χ4v) is 11.0. The van der Waals surface area contributed by atoms with Crippen LogP contribution in [0.3, 0.4) is 0 Å². The second-order valence-electron chi connectivity index (χ2n) is 13.3. The van der Waals surface area contributed by atoms with E-state index in [-0.39, 0.29) is 36.0 Å². The molecule has 0 aromatic rings. The molecule has 4 saturated carbocycles. The fourth-order valence-electron chi connectivity index (χ4n) is 9.48. The Labute approximate surface area is 244 Å². The minimum atomic E-state index is -5.15. The number of hydrogen-bond acceptors (Lipinski definition) is 9. The van der Waals surface area contributed by atoms with Crippen LogP contribution >= 0.6 is 0 Å². The Bertz CT molecular complexity index is 1330. The first-order chi connectivity index (χ1) is 18.7. The first-order valence-corrected chi connectivity index (χ1v) is 18.4. The molecule has 0 heterocycles. The molecular formula is C26H44O12S3. The summed E-state index contributed by atoms with van der Waals surface area (Å²) in [6.07, 6.45) is 4.59. The third kappa shape index (κ3) is 6.88. The fraction of sp³-hybridized carbons (Fsp3) is 0.923. The highest BCUT2D eigenvalue weighted by Crippen LogP contribution is 2.69. The van der Waals surface area contributed by atoms with Gasteiger partial charge in [0.15, 0.2) is 0 Å². The van der Waals surface area contributed by atoms with Crippen LogP contribution in [0.4, 0.5) is 0 Å². The Kier molecular flexibility index (Phi) is 9.22. The van der Waals surface area contributed by atoms with Crippen LogP contribution in [0, 0.1) is 52.3 Å². The second-order valence-corrected chi connectivity index (χ2v) is 16.5. The third-order valence-corrected chi connectivity index (χ3v) is 12.6. The molecule has 12 nitrogen and oxygen atoms in total. The normalized spacial score (nSPS) is 42.9. The molecule has 0 amide bonds. The predicted octanol–water partition coefficient (Wildman–Crippen LogP) is 4.28. The van der Waals surface area contributed by atoms with E-state index in [1.54, 1.807) is 6.92 Å². The zero-order valence-electron chi connectivity index (χ0n) is 24.1. The lowest BCUT2D eigenvalue weighted by Crippen LogP contribution is -2.57. The van der Waals surface area contributed by atoms with Crippen molar-refractivity contribution in [3.63, 3.8) is 0 Å². The van der Waals surface area contributed by atoms with Crippen molar-refractivity contribution < 1.29 is 51.5 Å². The molecule has 0 aliphatic heterocycles. The number of rotatable bonds is 10. The first-order valence-electron chi connectivity index (χ1n) is 14.3. The minimum Gasteiger partial charge on any atom is -0.264 e. The van der Waals surface area contributed by atoms with Gasteiger partial charge in [-0.05, 0) is 84.9 Å². The molecule has 12 atom stereocenters. The molecule has 0 radical (unpaired) electrons. The van der Waals surface area contributed by atoms with Crippen LogP contribution in [0.2, 0.25) is 0 Å². The van der Waals surface area contributed by atoms with Crippen LogP contribution in [-0.2, 0) is 43.7 Å². The molecule has 4 aliphatic carbocycles. The smallest absolute Gasteiger partial charge is 0.264 e. The average Bonchev–Trinajstić information content (AvgIpc) is 3.28. The SMILES string of the molecule is CC[C@H](C)/C=C/[C@@H](C)[C@H]1CC[C@H]2[C@@H]3C[C@H](OS(=O)(=O)O)[C@H]4[C@H](OS(=O)(=O)O)[C@@H](OS(=O)(=O)O)C[C@]4(C)[C@H]3CC[C@]12C. The van der Waals surface area contributed by atoms with Crippen molar-refractivity contribution in [2.24, 2.45) is 52.3 Å². The molecule has 0 spiro atoms. The van der Waals surface area contributed by atoms with Crippen molar-refractivity contribution >= 4 is 31.2 Å². The zero-order valence-corrected chi connectivity index (χ0v) is 26.6. The lowest BCUT2D eigenvalue weighted by atomic mass is 9.46. The molecule has 0 aromatic carbocycles. The summed E-state index contributed by atoms with van der Waals surface area (Å²) in [5, 5.41) is 0. The van der Waals surface area contributed by atoms with Crippen LogP contribution in [0.5, 0.6) is 0 Å². The lowest BCUT2D eigenvalue weighted by molar-refractivity contribution is -0.140. The van der Waals surface area contributed by atoms with Gasteiger partial charge in [0.25, 0.3) is 0 Å². The quantitative estimate of drug-likeness (QED) is 0.226. The van der Waals surface area contributed by atoms with Crippen molar-refractivity contribution in [1.29, 1.82) is 0 Å². The van der Waals surface area contributed by atoms with Crippen LogP contribution in [0.25, 0.3) is 0 Å². The lowest BCUT2D eigenvalue weighted by Gasteiger charge is -2.59. The van der Waals surface area contributed by atoms with E-state index in [4.69, 9.17) is 12.5 Å². The summed E-state index contributed by atoms with van der Waals surface area (Å²) < 4.78 is 115. The molecule has 4 aliphatic rings. The molecule has 3 N–H and O–H groups in total. The van der Waals surface area contributed by atoms with E-state index < -0.39 is 60.8 Å². The van der Waals surface area contributed by atoms with Gasteiger partial charge in [-0.1, -0.05) is 53.2 Å². The van der Waals surface area contributed by atoms with Crippen LogP contribution in [0.1, 0.15) is 79.6 Å². The van der Waals surface area contributed by atoms with E-state index in [2.05, 4.69) is 39.8 Å². The van der Waals surface area contributed by atoms with E-state index in [1.165, 1.54) is 0 Å². The van der Waals surface area contributed by atoms with Gasteiger partial charge >= 0.3 is 31.2 Å². The van der Waals surface area contributed by atoms with Gasteiger partial charge in [-0.3, -0.25) is 13.7 Å². The Morgan fingerprint density at radius 2 is 1.37 bits per heavy atom. The number of fused-ring (bicyclic) bond motifs is 5. The minimum absolute atomic E-state index is 0.0561. The van der Waals surface area contributed by atoms with Gasteiger partial charge in [-0.15, -0.1) is 0 Å². The van der Waals surface area contributed by atoms with Gasteiger partial charge in [0.2, 0.25) is 0 Å². The molecule has 238 valence electrons. The van der Waals surface area contributed by atoms with E-state index in [1.807, 2.05) is 0 Å². The maximum atomic E-state index is 12.0. The predicted molar refractivity (Wildman–Crippen MR) is 148 cm³/mol. The highest BCUT2D eigenvalue weighted by molar-refractivity contribution is 7.81. The molecule has 0 unspecified atom stereocenters. The molecule has 15 heteroatoms. The van der Waals surface area contributed by atoms with Crippen molar-refractivity contribution in [2.75, 3.05) is 0 Å². The Hall–Kier alpha value is -0.650. The molecule has 0 aromatic heterocycles. The van der Waals surface area contributed by atoms with E-state index in [0.29, 0.717) is 24.2 Å². The van der Waals surface area contributed by atoms with Gasteiger partial charge in [0.05, 0.1) is 6.10 Å². The summed E-state index contributed by atoms with van der Waals surface area (Å²) >= 11 is 0. The molecule has 4 rings (SSSR count). The average molecular weight is 645 g/mol. The topological polar surface area (TPSA) is 191 Å². The summed E-state index contributed by atoms with van der Waals surface area (Å²) in [5.41, 5.74) is -1.02. The van der Waals surface area contributed by atoms with Gasteiger partial charge in [-0.2, -0.15) is 25.3 Å². The maximum Gasteiger partial charge on any atom is 0.397 e. The van der Waals surface area contributed by atoms with Gasteiger partial charge in [0.1, 0.15) is 12.2 Å². The highest BCUT2D eigenvalue weighted by atomic mass is 32.3. The summed E-state index contributed by atoms with van der Waals surface area (Å²) in [4.78, 5) is 0. The van der Waals surface area contributed by atoms with Crippen molar-refractivity contribution in [3.05, 3.63) is 12.2 Å². The maximum absolute atomic E-state index is 12.0. The second kappa shape index (κ2) is 11.4. The Morgan fingerprint density at radius 1 is 0.805 bits per heavy atom. The van der Waals surface area contributed by atoms with Crippen molar-refractivity contribution in [2.45, 2.75) is 97.9 Å². The Morgan fingerprint density at radius 3 is 1.93 bits per heavy atom. The summed E-state index contributed by atoms with van der Waals surface area (Å²) in [6, 6.07) is 0. The largest absolute Gasteiger partial charge is 0.397 e. The first kappa shape index (κ1) is 33.2. The zero-order chi connectivity index (χ0) is 30.8. The van der Waals surface area contributed by atoms with E-state index in [9.17, 15) is 38.9 Å². The van der Waals surface area contributed by atoms with Crippen molar-refractivity contribution in [3.8, 4) is 0 Å².